The summed E-state index contributed by atoms with van der Waals surface area (Å²) in [5.74, 6) is 1.27. The van der Waals surface area contributed by atoms with Gasteiger partial charge in [-0.15, -0.1) is 0 Å². The van der Waals surface area contributed by atoms with Gasteiger partial charge in [0.15, 0.2) is 0 Å². The molecule has 27 heavy (non-hydrogen) atoms. The number of benzene rings is 1. The summed E-state index contributed by atoms with van der Waals surface area (Å²) in [5, 5.41) is 0. The van der Waals surface area contributed by atoms with Gasteiger partial charge < -0.3 is 4.90 Å². The van der Waals surface area contributed by atoms with Crippen LogP contribution in [0.15, 0.2) is 53.7 Å². The first-order valence-electron chi connectivity index (χ1n) is 9.28. The van der Waals surface area contributed by atoms with Crippen molar-refractivity contribution in [1.29, 1.82) is 0 Å². The second-order valence-corrected chi connectivity index (χ2v) is 7.11. The molecule has 3 aromatic rings. The molecule has 1 aromatic carbocycles. The summed E-state index contributed by atoms with van der Waals surface area (Å²) in [6.45, 7) is 3.88. The molecule has 2 aromatic heterocycles. The quantitative estimate of drug-likeness (QED) is 0.718. The first-order chi connectivity index (χ1) is 13.1. The van der Waals surface area contributed by atoms with E-state index in [1.165, 1.54) is 23.5 Å². The van der Waals surface area contributed by atoms with Crippen molar-refractivity contribution < 1.29 is 0 Å². The van der Waals surface area contributed by atoms with Gasteiger partial charge >= 0.3 is 0 Å². The van der Waals surface area contributed by atoms with Crippen LogP contribution in [0.4, 0.5) is 5.95 Å². The Balaban J connectivity index is 1.57. The van der Waals surface area contributed by atoms with Crippen LogP contribution in [-0.2, 0) is 7.05 Å². The van der Waals surface area contributed by atoms with E-state index in [0.29, 0.717) is 23.3 Å². The largest absolute Gasteiger partial charge is 0.342 e. The Labute approximate surface area is 158 Å². The first kappa shape index (κ1) is 17.4. The van der Waals surface area contributed by atoms with Crippen molar-refractivity contribution in [3.8, 4) is 11.4 Å². The smallest absolute Gasteiger partial charge is 0.255 e. The third-order valence-electron chi connectivity index (χ3n) is 5.28. The number of piperidine rings is 1. The van der Waals surface area contributed by atoms with Crippen LogP contribution in [-0.4, -0.2) is 32.6 Å². The molecule has 1 aliphatic heterocycles. The van der Waals surface area contributed by atoms with Gasteiger partial charge in [-0.05, 0) is 37.3 Å². The number of nitrogens with zero attached hydrogens (tertiary/aromatic N) is 5. The molecule has 0 aliphatic carbocycles. The molecule has 0 bridgehead atoms. The van der Waals surface area contributed by atoms with Gasteiger partial charge in [0, 0.05) is 32.4 Å². The Bertz CT molecular complexity index is 974. The van der Waals surface area contributed by atoms with Gasteiger partial charge in [0.1, 0.15) is 6.33 Å². The van der Waals surface area contributed by atoms with Crippen molar-refractivity contribution >= 4 is 5.95 Å². The van der Waals surface area contributed by atoms with Gasteiger partial charge in [-0.25, -0.2) is 15.0 Å². The molecule has 1 saturated heterocycles. The van der Waals surface area contributed by atoms with E-state index in [0.717, 1.165) is 25.9 Å². The van der Waals surface area contributed by atoms with Gasteiger partial charge in [0.2, 0.25) is 5.95 Å². The molecule has 0 saturated carbocycles. The highest BCUT2D eigenvalue weighted by atomic mass is 16.1. The molecule has 4 rings (SSSR count). The third kappa shape index (κ3) is 3.60. The highest BCUT2D eigenvalue weighted by molar-refractivity contribution is 5.55. The predicted octanol–water partition coefficient (Wildman–Crippen LogP) is 2.93. The summed E-state index contributed by atoms with van der Waals surface area (Å²) in [7, 11) is 1.78. The molecule has 0 amide bonds. The predicted molar refractivity (Wildman–Crippen MR) is 106 cm³/mol. The minimum atomic E-state index is -0.0747. The van der Waals surface area contributed by atoms with Crippen molar-refractivity contribution in [2.75, 3.05) is 18.0 Å². The van der Waals surface area contributed by atoms with Gasteiger partial charge in [-0.2, -0.15) is 0 Å². The molecule has 3 heterocycles. The van der Waals surface area contributed by atoms with Crippen molar-refractivity contribution in [1.82, 2.24) is 19.5 Å². The fourth-order valence-corrected chi connectivity index (χ4v) is 3.64. The highest BCUT2D eigenvalue weighted by Crippen LogP contribution is 2.30. The van der Waals surface area contributed by atoms with Crippen LogP contribution in [0.3, 0.4) is 0 Å². The average molecular weight is 361 g/mol. The summed E-state index contributed by atoms with van der Waals surface area (Å²) < 4.78 is 1.62. The highest BCUT2D eigenvalue weighted by Gasteiger charge is 2.23. The Morgan fingerprint density at radius 3 is 2.44 bits per heavy atom. The van der Waals surface area contributed by atoms with E-state index in [4.69, 9.17) is 4.98 Å². The van der Waals surface area contributed by atoms with E-state index >= 15 is 0 Å². The van der Waals surface area contributed by atoms with Crippen LogP contribution in [0.1, 0.15) is 29.9 Å². The van der Waals surface area contributed by atoms with Gasteiger partial charge in [0.25, 0.3) is 5.56 Å². The maximum Gasteiger partial charge on any atom is 0.255 e. The first-order valence-corrected chi connectivity index (χ1v) is 9.28. The molecule has 0 radical (unpaired) electrons. The number of rotatable bonds is 3. The second-order valence-electron chi connectivity index (χ2n) is 7.11. The number of aryl methyl sites for hydroxylation is 1. The molecule has 0 unspecified atom stereocenters. The number of hydrogen-bond acceptors (Lipinski definition) is 5. The number of anilines is 1. The van der Waals surface area contributed by atoms with Crippen molar-refractivity contribution in [3.05, 3.63) is 70.4 Å². The zero-order chi connectivity index (χ0) is 18.8. The fourth-order valence-electron chi connectivity index (χ4n) is 3.64. The van der Waals surface area contributed by atoms with E-state index in [9.17, 15) is 4.79 Å². The molecule has 0 atom stereocenters. The summed E-state index contributed by atoms with van der Waals surface area (Å²) >= 11 is 0. The Morgan fingerprint density at radius 2 is 1.78 bits per heavy atom. The zero-order valence-corrected chi connectivity index (χ0v) is 15.7. The molecule has 6 heteroatoms. The van der Waals surface area contributed by atoms with E-state index < -0.39 is 0 Å². The van der Waals surface area contributed by atoms with Crippen molar-refractivity contribution in [2.24, 2.45) is 7.05 Å². The molecule has 0 N–H and O–H groups in total. The summed E-state index contributed by atoms with van der Waals surface area (Å²) in [6, 6.07) is 12.1. The summed E-state index contributed by atoms with van der Waals surface area (Å²) in [6.07, 6.45) is 5.24. The normalized spacial score (nSPS) is 15.1. The van der Waals surface area contributed by atoms with E-state index in [-0.39, 0.29) is 5.56 Å². The van der Waals surface area contributed by atoms with E-state index in [2.05, 4.69) is 46.1 Å². The minimum Gasteiger partial charge on any atom is -0.342 e. The second kappa shape index (κ2) is 7.31. The molecule has 1 fully saturated rings. The molecular formula is C21H23N5O. The Hall–Kier alpha value is -3.02. The van der Waals surface area contributed by atoms with Gasteiger partial charge in [-0.3, -0.25) is 9.36 Å². The number of aromatic nitrogens is 4. The average Bonchev–Trinajstić information content (AvgIpc) is 2.71. The molecule has 1 aliphatic rings. The van der Waals surface area contributed by atoms with Crippen molar-refractivity contribution in [3.63, 3.8) is 0 Å². The van der Waals surface area contributed by atoms with Crippen LogP contribution in [0, 0.1) is 6.92 Å². The van der Waals surface area contributed by atoms with Crippen LogP contribution in [0.25, 0.3) is 11.4 Å². The van der Waals surface area contributed by atoms with Crippen LogP contribution < -0.4 is 10.5 Å². The monoisotopic (exact) mass is 361 g/mol. The Morgan fingerprint density at radius 1 is 1.04 bits per heavy atom. The lowest BCUT2D eigenvalue weighted by Crippen LogP contribution is -2.37. The lowest BCUT2D eigenvalue weighted by molar-refractivity contribution is 0.493. The van der Waals surface area contributed by atoms with Gasteiger partial charge in [0.05, 0.1) is 11.4 Å². The molecule has 6 nitrogen and oxygen atoms in total. The maximum absolute atomic E-state index is 12.4. The molecule has 0 spiro atoms. The van der Waals surface area contributed by atoms with E-state index in [1.807, 2.05) is 0 Å². The van der Waals surface area contributed by atoms with Crippen molar-refractivity contribution in [2.45, 2.75) is 25.7 Å². The van der Waals surface area contributed by atoms with Crippen LogP contribution >= 0.6 is 0 Å². The zero-order valence-electron chi connectivity index (χ0n) is 15.7. The lowest BCUT2D eigenvalue weighted by Gasteiger charge is -2.33. The fraction of sp³-hybridized carbons (Fsp3) is 0.333. The topological polar surface area (TPSA) is 63.9 Å². The molecular weight excluding hydrogens is 338 g/mol. The molecule has 138 valence electrons. The SMILES string of the molecule is Cc1ccc(C2CCN(c3nc(-c4ccncn4)cc(=O)n3C)CC2)cc1. The summed E-state index contributed by atoms with van der Waals surface area (Å²) in [4.78, 5) is 27.5. The van der Waals surface area contributed by atoms with E-state index in [1.54, 1.807) is 23.9 Å². The van der Waals surface area contributed by atoms with Gasteiger partial charge in [-0.1, -0.05) is 29.8 Å². The Kier molecular flexibility index (Phi) is 4.71. The third-order valence-corrected chi connectivity index (χ3v) is 5.28. The standard InChI is InChI=1S/C21H23N5O/c1-15-3-5-16(6-4-15)17-8-11-26(12-9-17)21-24-19(13-20(27)25(21)2)18-7-10-22-14-23-18/h3-7,10,13-14,17H,8-9,11-12H2,1-2H3. The minimum absolute atomic E-state index is 0.0747. The van der Waals surface area contributed by atoms with Crippen LogP contribution in [0.2, 0.25) is 0 Å². The maximum atomic E-state index is 12.4. The summed E-state index contributed by atoms with van der Waals surface area (Å²) in [5.41, 5.74) is 3.87. The lowest BCUT2D eigenvalue weighted by atomic mass is 9.89. The number of hydrogen-bond donors (Lipinski definition) is 0. The van der Waals surface area contributed by atoms with Crippen LogP contribution in [0.5, 0.6) is 0 Å².